The van der Waals surface area contributed by atoms with Gasteiger partial charge in [-0.25, -0.2) is 18.1 Å². The Morgan fingerprint density at radius 3 is 2.48 bits per heavy atom. The number of aromatic nitrogens is 2. The lowest BCUT2D eigenvalue weighted by molar-refractivity contribution is 0.569. The quantitative estimate of drug-likeness (QED) is 0.659. The van der Waals surface area contributed by atoms with Gasteiger partial charge in [-0.05, 0) is 18.2 Å². The minimum Gasteiger partial charge on any atom is -0.298 e. The van der Waals surface area contributed by atoms with Crippen molar-refractivity contribution >= 4 is 33.2 Å². The molecule has 140 valence electrons. The van der Waals surface area contributed by atoms with Crippen molar-refractivity contribution in [3.63, 3.8) is 0 Å². The molecule has 0 radical (unpaired) electrons. The molecule has 0 saturated heterocycles. The van der Waals surface area contributed by atoms with Crippen LogP contribution in [0.2, 0.25) is 10.0 Å². The fourth-order valence-corrected chi connectivity index (χ4v) is 4.20. The summed E-state index contributed by atoms with van der Waals surface area (Å²) < 4.78 is 28.5. The summed E-state index contributed by atoms with van der Waals surface area (Å²) >= 11 is 11.8. The maximum absolute atomic E-state index is 12.4. The molecule has 1 heterocycles. The van der Waals surface area contributed by atoms with E-state index in [9.17, 15) is 13.2 Å². The lowest BCUT2D eigenvalue weighted by atomic mass is 10.1. The molecule has 9 heteroatoms. The summed E-state index contributed by atoms with van der Waals surface area (Å²) in [6, 6.07) is 14.9. The monoisotopic (exact) mass is 423 g/mol. The van der Waals surface area contributed by atoms with Crippen LogP contribution in [0, 0.1) is 0 Å². The van der Waals surface area contributed by atoms with E-state index in [4.69, 9.17) is 23.2 Å². The van der Waals surface area contributed by atoms with Gasteiger partial charge in [-0.15, -0.1) is 0 Å². The van der Waals surface area contributed by atoms with E-state index in [2.05, 4.69) is 9.71 Å². The molecule has 3 aromatic rings. The predicted octanol–water partition coefficient (Wildman–Crippen LogP) is 3.20. The van der Waals surface area contributed by atoms with Gasteiger partial charge in [-0.1, -0.05) is 53.5 Å². The minimum atomic E-state index is -3.85. The lowest BCUT2D eigenvalue weighted by Crippen LogP contribution is -2.31. The van der Waals surface area contributed by atoms with Crippen LogP contribution in [0.5, 0.6) is 0 Å². The molecule has 0 saturated carbocycles. The number of benzene rings is 2. The summed E-state index contributed by atoms with van der Waals surface area (Å²) in [7, 11) is -3.85. The molecule has 3 rings (SSSR count). The van der Waals surface area contributed by atoms with Crippen molar-refractivity contribution in [3.05, 3.63) is 81.3 Å². The third kappa shape index (κ3) is 4.75. The van der Waals surface area contributed by atoms with Gasteiger partial charge in [0.05, 0.1) is 17.0 Å². The molecule has 6 nitrogen and oxygen atoms in total. The summed E-state index contributed by atoms with van der Waals surface area (Å²) in [6.45, 7) is 0.121. The third-order valence-corrected chi connectivity index (χ3v) is 5.95. The van der Waals surface area contributed by atoms with Crippen LogP contribution in [0.4, 0.5) is 0 Å². The second-order valence-electron chi connectivity index (χ2n) is 5.64. The van der Waals surface area contributed by atoms with E-state index in [1.165, 1.54) is 35.2 Å². The van der Waals surface area contributed by atoms with Crippen LogP contribution in [0.3, 0.4) is 0 Å². The highest BCUT2D eigenvalue weighted by atomic mass is 35.5. The van der Waals surface area contributed by atoms with Crippen LogP contribution in [0.25, 0.3) is 11.3 Å². The second kappa shape index (κ2) is 8.22. The van der Waals surface area contributed by atoms with Crippen LogP contribution in [0.1, 0.15) is 0 Å². The number of nitrogens with one attached hydrogen (secondary N) is 1. The molecule has 0 atom stereocenters. The summed E-state index contributed by atoms with van der Waals surface area (Å²) in [4.78, 5) is 16.4. The van der Waals surface area contributed by atoms with E-state index in [1.54, 1.807) is 0 Å². The van der Waals surface area contributed by atoms with Crippen LogP contribution in [0.15, 0.2) is 70.6 Å². The number of rotatable bonds is 6. The van der Waals surface area contributed by atoms with Gasteiger partial charge >= 0.3 is 0 Å². The molecule has 0 aliphatic rings. The SMILES string of the molecule is O=c1cc(-c2ccccc2)ncn1CCNS(=O)(=O)c1cc(Cl)ccc1Cl. The standard InChI is InChI=1S/C18H15Cl2N3O3S/c19-14-6-7-15(20)17(10-14)27(25,26)22-8-9-23-12-21-16(11-18(23)24)13-4-2-1-3-5-13/h1-7,10-12,22H,8-9H2. The van der Waals surface area contributed by atoms with E-state index >= 15 is 0 Å². The molecule has 2 aromatic carbocycles. The van der Waals surface area contributed by atoms with Gasteiger partial charge < -0.3 is 0 Å². The highest BCUT2D eigenvalue weighted by Crippen LogP contribution is 2.24. The van der Waals surface area contributed by atoms with Gasteiger partial charge in [0.15, 0.2) is 0 Å². The van der Waals surface area contributed by atoms with Crippen LogP contribution in [-0.2, 0) is 16.6 Å². The molecule has 0 spiro atoms. The van der Waals surface area contributed by atoms with Gasteiger partial charge in [0.1, 0.15) is 4.90 Å². The maximum atomic E-state index is 12.4. The Balaban J connectivity index is 1.70. The normalized spacial score (nSPS) is 11.5. The molecule has 0 unspecified atom stereocenters. The molecule has 0 amide bonds. The first-order valence-corrected chi connectivity index (χ1v) is 10.2. The van der Waals surface area contributed by atoms with Crippen molar-refractivity contribution in [1.82, 2.24) is 14.3 Å². The molecule has 1 aromatic heterocycles. The first-order chi connectivity index (χ1) is 12.9. The molecule has 0 fully saturated rings. The zero-order valence-electron chi connectivity index (χ0n) is 14.0. The van der Waals surface area contributed by atoms with Gasteiger partial charge in [0, 0.05) is 29.7 Å². The Bertz CT molecular complexity index is 1120. The number of nitrogens with zero attached hydrogens (tertiary/aromatic N) is 2. The average Bonchev–Trinajstić information content (AvgIpc) is 2.65. The van der Waals surface area contributed by atoms with Crippen molar-refractivity contribution in [2.45, 2.75) is 11.4 Å². The maximum Gasteiger partial charge on any atom is 0.253 e. The highest BCUT2D eigenvalue weighted by Gasteiger charge is 2.18. The summed E-state index contributed by atoms with van der Waals surface area (Å²) in [5.41, 5.74) is 1.12. The van der Waals surface area contributed by atoms with Crippen LogP contribution in [-0.4, -0.2) is 24.5 Å². The van der Waals surface area contributed by atoms with Crippen molar-refractivity contribution in [2.24, 2.45) is 0 Å². The van der Waals surface area contributed by atoms with Crippen molar-refractivity contribution in [1.29, 1.82) is 0 Å². The van der Waals surface area contributed by atoms with Gasteiger partial charge in [-0.2, -0.15) is 0 Å². The minimum absolute atomic E-state index is 0.00253. The van der Waals surface area contributed by atoms with E-state index in [0.717, 1.165) is 5.56 Å². The number of hydrogen-bond donors (Lipinski definition) is 1. The number of hydrogen-bond acceptors (Lipinski definition) is 4. The summed E-state index contributed by atoms with van der Waals surface area (Å²) in [6.07, 6.45) is 1.39. The van der Waals surface area contributed by atoms with Crippen LogP contribution >= 0.6 is 23.2 Å². The van der Waals surface area contributed by atoms with Gasteiger partial charge in [-0.3, -0.25) is 9.36 Å². The first-order valence-electron chi connectivity index (χ1n) is 7.93. The topological polar surface area (TPSA) is 81.1 Å². The zero-order chi connectivity index (χ0) is 19.4. The van der Waals surface area contributed by atoms with Gasteiger partial charge in [0.2, 0.25) is 10.0 Å². The number of halogens is 2. The van der Waals surface area contributed by atoms with Crippen LogP contribution < -0.4 is 10.3 Å². The lowest BCUT2D eigenvalue weighted by Gasteiger charge is -2.10. The zero-order valence-corrected chi connectivity index (χ0v) is 16.3. The predicted molar refractivity (Wildman–Crippen MR) is 106 cm³/mol. The Morgan fingerprint density at radius 2 is 1.78 bits per heavy atom. The Kier molecular flexibility index (Phi) is 5.96. The second-order valence-corrected chi connectivity index (χ2v) is 8.22. The smallest absolute Gasteiger partial charge is 0.253 e. The van der Waals surface area contributed by atoms with E-state index in [-0.39, 0.29) is 33.6 Å². The Hall–Kier alpha value is -2.19. The molecule has 0 aliphatic heterocycles. The average molecular weight is 424 g/mol. The summed E-state index contributed by atoms with van der Waals surface area (Å²) in [5, 5.41) is 0.328. The third-order valence-electron chi connectivity index (χ3n) is 3.78. The van der Waals surface area contributed by atoms with Gasteiger partial charge in [0.25, 0.3) is 5.56 Å². The van der Waals surface area contributed by atoms with E-state index < -0.39 is 10.0 Å². The fourth-order valence-electron chi connectivity index (χ4n) is 2.42. The highest BCUT2D eigenvalue weighted by molar-refractivity contribution is 7.89. The molecule has 27 heavy (non-hydrogen) atoms. The molecule has 0 aliphatic carbocycles. The molecular weight excluding hydrogens is 409 g/mol. The van der Waals surface area contributed by atoms with Crippen molar-refractivity contribution < 1.29 is 8.42 Å². The first kappa shape index (κ1) is 19.6. The molecular formula is C18H15Cl2N3O3S. The fraction of sp³-hybridized carbons (Fsp3) is 0.111. The number of sulfonamides is 1. The largest absolute Gasteiger partial charge is 0.298 e. The molecule has 0 bridgehead atoms. The Morgan fingerprint density at radius 1 is 1.04 bits per heavy atom. The van der Waals surface area contributed by atoms with Crippen molar-refractivity contribution in [2.75, 3.05) is 6.54 Å². The molecule has 1 N–H and O–H groups in total. The van der Waals surface area contributed by atoms with E-state index in [1.807, 2.05) is 30.3 Å². The van der Waals surface area contributed by atoms with Crippen molar-refractivity contribution in [3.8, 4) is 11.3 Å². The van der Waals surface area contributed by atoms with E-state index in [0.29, 0.717) is 5.69 Å². The summed E-state index contributed by atoms with van der Waals surface area (Å²) in [5.74, 6) is 0. The Labute approximate surface area is 166 Å².